The smallest absolute Gasteiger partial charge is 0.229 e. The Morgan fingerprint density at radius 2 is 1.81 bits per heavy atom. The standard InChI is InChI=1S/C26H30N4OS/c1-16(2)19-9-7-18(8-10-19)14-24(31)28-23-13-17(3)29-30(23)25-27-21-12-11-20(26(4,5)6)15-22(21)32-25/h7-13,15-16H,14H2,1-6H3,(H,28,31). The summed E-state index contributed by atoms with van der Waals surface area (Å²) in [6.45, 7) is 12.9. The fourth-order valence-electron chi connectivity index (χ4n) is 3.60. The monoisotopic (exact) mass is 446 g/mol. The Labute approximate surface area is 193 Å². The van der Waals surface area contributed by atoms with E-state index in [1.54, 1.807) is 16.0 Å². The molecule has 0 aliphatic rings. The van der Waals surface area contributed by atoms with Crippen LogP contribution in [0.2, 0.25) is 0 Å². The minimum Gasteiger partial charge on any atom is -0.310 e. The number of hydrogen-bond acceptors (Lipinski definition) is 4. The third-order valence-corrected chi connectivity index (χ3v) is 6.53. The first-order valence-corrected chi connectivity index (χ1v) is 11.8. The number of nitrogens with zero attached hydrogens (tertiary/aromatic N) is 3. The fraction of sp³-hybridized carbons (Fsp3) is 0.346. The molecular formula is C26H30N4OS. The van der Waals surface area contributed by atoms with Gasteiger partial charge in [-0.05, 0) is 47.1 Å². The quantitative estimate of drug-likeness (QED) is 0.386. The van der Waals surface area contributed by atoms with Gasteiger partial charge >= 0.3 is 0 Å². The van der Waals surface area contributed by atoms with E-state index in [9.17, 15) is 4.79 Å². The molecular weight excluding hydrogens is 416 g/mol. The molecule has 6 heteroatoms. The molecule has 0 unspecified atom stereocenters. The number of benzene rings is 2. The maximum atomic E-state index is 12.8. The lowest BCUT2D eigenvalue weighted by Gasteiger charge is -2.18. The number of carbonyl (C=O) groups excluding carboxylic acids is 1. The first-order valence-electron chi connectivity index (χ1n) is 11.0. The van der Waals surface area contributed by atoms with Gasteiger partial charge in [-0.25, -0.2) is 4.98 Å². The highest BCUT2D eigenvalue weighted by Gasteiger charge is 2.18. The van der Waals surface area contributed by atoms with Crippen molar-refractivity contribution in [2.24, 2.45) is 0 Å². The number of rotatable bonds is 5. The molecule has 0 spiro atoms. The summed E-state index contributed by atoms with van der Waals surface area (Å²) in [4.78, 5) is 17.5. The molecule has 2 heterocycles. The van der Waals surface area contributed by atoms with Crippen LogP contribution in [0.1, 0.15) is 62.9 Å². The second-order valence-electron chi connectivity index (χ2n) is 9.63. The number of amides is 1. The molecule has 0 saturated carbocycles. The average Bonchev–Trinajstić information content (AvgIpc) is 3.29. The van der Waals surface area contributed by atoms with Crippen molar-refractivity contribution in [2.75, 3.05) is 5.32 Å². The molecule has 0 bridgehead atoms. The topological polar surface area (TPSA) is 59.8 Å². The van der Waals surface area contributed by atoms with E-state index < -0.39 is 0 Å². The molecule has 2 aromatic carbocycles. The zero-order chi connectivity index (χ0) is 23.0. The van der Waals surface area contributed by atoms with Gasteiger partial charge in [0.1, 0.15) is 5.82 Å². The van der Waals surface area contributed by atoms with E-state index in [1.165, 1.54) is 11.1 Å². The van der Waals surface area contributed by atoms with Crippen molar-refractivity contribution in [3.8, 4) is 5.13 Å². The summed E-state index contributed by atoms with van der Waals surface area (Å²) in [7, 11) is 0. The molecule has 0 atom stereocenters. The number of anilines is 1. The van der Waals surface area contributed by atoms with Crippen molar-refractivity contribution < 1.29 is 4.79 Å². The summed E-state index contributed by atoms with van der Waals surface area (Å²) in [5.41, 5.74) is 5.38. The van der Waals surface area contributed by atoms with Gasteiger partial charge in [0.15, 0.2) is 0 Å². The number of aromatic nitrogens is 3. The van der Waals surface area contributed by atoms with Crippen molar-refractivity contribution in [1.82, 2.24) is 14.8 Å². The second kappa shape index (κ2) is 8.51. The van der Waals surface area contributed by atoms with E-state index in [0.717, 1.165) is 26.6 Å². The molecule has 4 aromatic rings. The predicted octanol–water partition coefficient (Wildman–Crippen LogP) is 6.39. The van der Waals surface area contributed by atoms with Crippen molar-refractivity contribution >= 4 is 33.3 Å². The Balaban J connectivity index is 1.57. The highest BCUT2D eigenvalue weighted by Crippen LogP contribution is 2.31. The van der Waals surface area contributed by atoms with E-state index in [0.29, 0.717) is 18.2 Å². The number of aryl methyl sites for hydroxylation is 1. The Hall–Kier alpha value is -2.99. The zero-order valence-electron chi connectivity index (χ0n) is 19.6. The van der Waals surface area contributed by atoms with Gasteiger partial charge in [-0.1, -0.05) is 76.3 Å². The van der Waals surface area contributed by atoms with Gasteiger partial charge in [0, 0.05) is 6.07 Å². The number of fused-ring (bicyclic) bond motifs is 1. The molecule has 5 nitrogen and oxygen atoms in total. The summed E-state index contributed by atoms with van der Waals surface area (Å²) in [5.74, 6) is 1.05. The number of thiazole rings is 1. The second-order valence-corrected chi connectivity index (χ2v) is 10.6. The first-order chi connectivity index (χ1) is 15.1. The summed E-state index contributed by atoms with van der Waals surface area (Å²) in [5, 5.41) is 8.36. The van der Waals surface area contributed by atoms with Gasteiger partial charge in [0.05, 0.1) is 22.3 Å². The molecule has 0 aliphatic heterocycles. The number of carbonyl (C=O) groups is 1. The third kappa shape index (κ3) is 4.75. The normalized spacial score (nSPS) is 12.0. The van der Waals surface area contributed by atoms with Crippen molar-refractivity contribution in [3.05, 3.63) is 70.9 Å². The predicted molar refractivity (Wildman–Crippen MR) is 133 cm³/mol. The Morgan fingerprint density at radius 3 is 2.47 bits per heavy atom. The van der Waals surface area contributed by atoms with E-state index in [2.05, 4.69) is 75.4 Å². The van der Waals surface area contributed by atoms with Crippen LogP contribution in [-0.2, 0) is 16.6 Å². The summed E-state index contributed by atoms with van der Waals surface area (Å²) in [6, 6.07) is 16.5. The van der Waals surface area contributed by atoms with Crippen LogP contribution in [-0.4, -0.2) is 20.7 Å². The summed E-state index contributed by atoms with van der Waals surface area (Å²) in [6.07, 6.45) is 0.317. The van der Waals surface area contributed by atoms with Crippen LogP contribution in [0.5, 0.6) is 0 Å². The number of nitrogens with one attached hydrogen (secondary N) is 1. The first kappa shape index (κ1) is 22.2. The molecule has 166 valence electrons. The molecule has 0 aliphatic carbocycles. The highest BCUT2D eigenvalue weighted by atomic mass is 32.1. The van der Waals surface area contributed by atoms with Crippen LogP contribution in [0.25, 0.3) is 15.3 Å². The van der Waals surface area contributed by atoms with Gasteiger partial charge in [0.25, 0.3) is 0 Å². The fourth-order valence-corrected chi connectivity index (χ4v) is 4.57. The summed E-state index contributed by atoms with van der Waals surface area (Å²) < 4.78 is 2.85. The zero-order valence-corrected chi connectivity index (χ0v) is 20.4. The van der Waals surface area contributed by atoms with Crippen LogP contribution in [0.4, 0.5) is 5.82 Å². The SMILES string of the molecule is Cc1cc(NC(=O)Cc2ccc(C(C)C)cc2)n(-c2nc3ccc(C(C)(C)C)cc3s2)n1. The largest absolute Gasteiger partial charge is 0.310 e. The lowest BCUT2D eigenvalue weighted by molar-refractivity contribution is -0.115. The van der Waals surface area contributed by atoms with E-state index >= 15 is 0 Å². The lowest BCUT2D eigenvalue weighted by atomic mass is 9.87. The minimum absolute atomic E-state index is 0.0698. The number of hydrogen-bond donors (Lipinski definition) is 1. The van der Waals surface area contributed by atoms with Gasteiger partial charge in [-0.3, -0.25) is 4.79 Å². The molecule has 0 saturated heterocycles. The van der Waals surface area contributed by atoms with Crippen LogP contribution in [0.15, 0.2) is 48.5 Å². The van der Waals surface area contributed by atoms with Crippen LogP contribution >= 0.6 is 11.3 Å². The third-order valence-electron chi connectivity index (χ3n) is 5.53. The Morgan fingerprint density at radius 1 is 1.09 bits per heavy atom. The molecule has 1 N–H and O–H groups in total. The molecule has 0 fully saturated rings. The highest BCUT2D eigenvalue weighted by molar-refractivity contribution is 7.20. The lowest BCUT2D eigenvalue weighted by Crippen LogP contribution is -2.17. The van der Waals surface area contributed by atoms with Gasteiger partial charge in [0.2, 0.25) is 11.0 Å². The average molecular weight is 447 g/mol. The van der Waals surface area contributed by atoms with Crippen molar-refractivity contribution in [2.45, 2.75) is 59.3 Å². The van der Waals surface area contributed by atoms with E-state index in [4.69, 9.17) is 4.98 Å². The van der Waals surface area contributed by atoms with Crippen LogP contribution < -0.4 is 5.32 Å². The van der Waals surface area contributed by atoms with Gasteiger partial charge in [-0.15, -0.1) is 0 Å². The molecule has 4 rings (SSSR count). The Bertz CT molecular complexity index is 1260. The van der Waals surface area contributed by atoms with E-state index in [1.807, 2.05) is 25.1 Å². The summed E-state index contributed by atoms with van der Waals surface area (Å²) >= 11 is 1.58. The van der Waals surface area contributed by atoms with Crippen molar-refractivity contribution in [3.63, 3.8) is 0 Å². The van der Waals surface area contributed by atoms with Gasteiger partial charge in [-0.2, -0.15) is 9.78 Å². The maximum Gasteiger partial charge on any atom is 0.229 e. The van der Waals surface area contributed by atoms with Gasteiger partial charge < -0.3 is 5.32 Å². The Kier molecular flexibility index (Phi) is 5.91. The molecule has 2 aromatic heterocycles. The maximum absolute atomic E-state index is 12.8. The minimum atomic E-state index is -0.0698. The molecule has 0 radical (unpaired) electrons. The van der Waals surface area contributed by atoms with Crippen LogP contribution in [0.3, 0.4) is 0 Å². The van der Waals surface area contributed by atoms with E-state index in [-0.39, 0.29) is 11.3 Å². The molecule has 1 amide bonds. The molecule has 32 heavy (non-hydrogen) atoms. The van der Waals surface area contributed by atoms with Crippen molar-refractivity contribution in [1.29, 1.82) is 0 Å². The van der Waals surface area contributed by atoms with Crippen LogP contribution in [0, 0.1) is 6.92 Å².